The molecule has 31 heavy (non-hydrogen) atoms. The first-order valence-corrected chi connectivity index (χ1v) is 11.3. The average molecular weight is 460 g/mol. The Hall–Kier alpha value is -2.71. The van der Waals surface area contributed by atoms with E-state index in [1.165, 1.54) is 11.8 Å². The predicted molar refractivity (Wildman–Crippen MR) is 123 cm³/mol. The van der Waals surface area contributed by atoms with Crippen LogP contribution in [0.1, 0.15) is 13.8 Å². The molecule has 3 aromatic rings. The molecular weight excluding hydrogens is 438 g/mol. The molecular formula is C22H22ClN3O4S. The molecule has 0 radical (unpaired) electrons. The van der Waals surface area contributed by atoms with Crippen LogP contribution in [0.15, 0.2) is 46.3 Å². The number of nitrogens with zero attached hydrogens (tertiary/aromatic N) is 2. The van der Waals surface area contributed by atoms with Crippen LogP contribution in [0.3, 0.4) is 0 Å². The summed E-state index contributed by atoms with van der Waals surface area (Å²) >= 11 is 7.30. The normalized spacial score (nSPS) is 12.9. The lowest BCUT2D eigenvalue weighted by Crippen LogP contribution is -2.26. The number of thioether (sulfide) groups is 1. The van der Waals surface area contributed by atoms with E-state index in [1.807, 2.05) is 13.8 Å². The Labute approximate surface area is 188 Å². The fraction of sp³-hybridized carbons (Fsp3) is 0.318. The number of anilines is 1. The van der Waals surface area contributed by atoms with Gasteiger partial charge in [-0.15, -0.1) is 0 Å². The van der Waals surface area contributed by atoms with Crippen LogP contribution in [0.4, 0.5) is 5.69 Å². The molecule has 1 aromatic heterocycles. The van der Waals surface area contributed by atoms with Crippen molar-refractivity contribution in [2.45, 2.75) is 25.5 Å². The molecule has 1 aliphatic rings. The van der Waals surface area contributed by atoms with Crippen molar-refractivity contribution in [2.24, 2.45) is 5.92 Å². The zero-order valence-electron chi connectivity index (χ0n) is 17.2. The van der Waals surface area contributed by atoms with Crippen LogP contribution in [-0.4, -0.2) is 34.4 Å². The van der Waals surface area contributed by atoms with E-state index in [1.54, 1.807) is 41.0 Å². The van der Waals surface area contributed by atoms with Gasteiger partial charge in [0.2, 0.25) is 5.91 Å². The van der Waals surface area contributed by atoms with Gasteiger partial charge in [0.15, 0.2) is 16.7 Å². The van der Waals surface area contributed by atoms with Gasteiger partial charge >= 0.3 is 0 Å². The predicted octanol–water partition coefficient (Wildman–Crippen LogP) is 4.21. The number of carbonyl (C=O) groups excluding carboxylic acids is 1. The van der Waals surface area contributed by atoms with Crippen LogP contribution >= 0.6 is 23.4 Å². The highest BCUT2D eigenvalue weighted by Crippen LogP contribution is 2.32. The van der Waals surface area contributed by atoms with Crippen molar-refractivity contribution in [1.82, 2.24) is 9.55 Å². The van der Waals surface area contributed by atoms with E-state index in [-0.39, 0.29) is 23.1 Å². The lowest BCUT2D eigenvalue weighted by molar-refractivity contribution is -0.113. The molecule has 7 nitrogen and oxygen atoms in total. The zero-order chi connectivity index (χ0) is 22.0. The summed E-state index contributed by atoms with van der Waals surface area (Å²) in [5.41, 5.74) is 1.00. The van der Waals surface area contributed by atoms with Crippen LogP contribution < -0.4 is 20.3 Å². The highest BCUT2D eigenvalue weighted by Gasteiger charge is 2.16. The minimum Gasteiger partial charge on any atom is -0.486 e. The maximum absolute atomic E-state index is 13.0. The molecule has 9 heteroatoms. The lowest BCUT2D eigenvalue weighted by atomic mass is 10.2. The summed E-state index contributed by atoms with van der Waals surface area (Å²) in [7, 11) is 0. The monoisotopic (exact) mass is 459 g/mol. The molecule has 0 aliphatic carbocycles. The highest BCUT2D eigenvalue weighted by molar-refractivity contribution is 7.99. The maximum Gasteiger partial charge on any atom is 0.262 e. The van der Waals surface area contributed by atoms with Gasteiger partial charge in [0.05, 0.1) is 16.7 Å². The number of ether oxygens (including phenoxy) is 2. The second-order valence-electron chi connectivity index (χ2n) is 7.56. The summed E-state index contributed by atoms with van der Waals surface area (Å²) in [6.45, 7) is 5.56. The van der Waals surface area contributed by atoms with Gasteiger partial charge in [-0.2, -0.15) is 0 Å². The topological polar surface area (TPSA) is 82.5 Å². The number of fused-ring (bicyclic) bond motifs is 2. The minimum absolute atomic E-state index is 0.102. The van der Waals surface area contributed by atoms with Crippen molar-refractivity contribution in [1.29, 1.82) is 0 Å². The number of aromatic nitrogens is 2. The van der Waals surface area contributed by atoms with E-state index < -0.39 is 0 Å². The Balaban J connectivity index is 1.53. The van der Waals surface area contributed by atoms with Crippen molar-refractivity contribution in [3.8, 4) is 11.5 Å². The summed E-state index contributed by atoms with van der Waals surface area (Å²) in [6, 6.07) is 10.3. The molecule has 162 valence electrons. The summed E-state index contributed by atoms with van der Waals surface area (Å²) in [6.07, 6.45) is 0. The SMILES string of the molecule is CC(C)Cn1c(SCC(=O)Nc2ccc3c(c2)OCCO3)nc2cc(Cl)ccc2c1=O. The number of halogens is 1. The van der Waals surface area contributed by atoms with E-state index in [0.717, 1.165) is 0 Å². The third kappa shape index (κ3) is 4.97. The van der Waals surface area contributed by atoms with Crippen molar-refractivity contribution >= 4 is 45.9 Å². The van der Waals surface area contributed by atoms with Crippen molar-refractivity contribution in [3.63, 3.8) is 0 Å². The van der Waals surface area contributed by atoms with Crippen LogP contribution in [0.2, 0.25) is 5.02 Å². The zero-order valence-corrected chi connectivity index (χ0v) is 18.8. The Bertz CT molecular complexity index is 1200. The minimum atomic E-state index is -0.210. The molecule has 2 aromatic carbocycles. The fourth-order valence-electron chi connectivity index (χ4n) is 3.26. The van der Waals surface area contributed by atoms with Gasteiger partial charge in [0.25, 0.3) is 5.56 Å². The van der Waals surface area contributed by atoms with Crippen LogP contribution in [-0.2, 0) is 11.3 Å². The Morgan fingerprint density at radius 1 is 1.19 bits per heavy atom. The Kier molecular flexibility index (Phi) is 6.38. The van der Waals surface area contributed by atoms with Gasteiger partial charge < -0.3 is 14.8 Å². The Morgan fingerprint density at radius 2 is 1.97 bits per heavy atom. The number of hydrogen-bond acceptors (Lipinski definition) is 6. The molecule has 0 bridgehead atoms. The number of carbonyl (C=O) groups is 1. The molecule has 0 atom stereocenters. The van der Waals surface area contributed by atoms with Gasteiger partial charge in [-0.25, -0.2) is 4.98 Å². The second kappa shape index (κ2) is 9.20. The van der Waals surface area contributed by atoms with Crippen molar-refractivity contribution in [3.05, 3.63) is 51.8 Å². The molecule has 2 heterocycles. The number of hydrogen-bond donors (Lipinski definition) is 1. The van der Waals surface area contributed by atoms with Gasteiger partial charge in [-0.3, -0.25) is 14.2 Å². The standard InChI is InChI=1S/C22H22ClN3O4S/c1-13(2)11-26-21(28)16-5-3-14(23)9-17(16)25-22(26)31-12-20(27)24-15-4-6-18-19(10-15)30-8-7-29-18/h3-6,9-10,13H,7-8,11-12H2,1-2H3,(H,24,27). The molecule has 1 aliphatic heterocycles. The summed E-state index contributed by atoms with van der Waals surface area (Å²) in [4.78, 5) is 30.2. The quantitative estimate of drug-likeness (QED) is 0.439. The maximum atomic E-state index is 13.0. The Morgan fingerprint density at radius 3 is 2.74 bits per heavy atom. The van der Waals surface area contributed by atoms with E-state index in [2.05, 4.69) is 10.3 Å². The first kappa shape index (κ1) is 21.5. The molecule has 1 amide bonds. The van der Waals surface area contributed by atoms with E-state index in [0.29, 0.717) is 58.0 Å². The lowest BCUT2D eigenvalue weighted by Gasteiger charge is -2.19. The van der Waals surface area contributed by atoms with Gasteiger partial charge in [0, 0.05) is 23.3 Å². The summed E-state index contributed by atoms with van der Waals surface area (Å²) in [5, 5.41) is 4.36. The molecule has 0 saturated heterocycles. The average Bonchev–Trinajstić information content (AvgIpc) is 2.74. The first-order chi connectivity index (χ1) is 14.9. The fourth-order valence-corrected chi connectivity index (χ4v) is 4.23. The van der Waals surface area contributed by atoms with Crippen molar-refractivity contribution < 1.29 is 14.3 Å². The first-order valence-electron chi connectivity index (χ1n) is 9.93. The van der Waals surface area contributed by atoms with E-state index in [4.69, 9.17) is 21.1 Å². The number of amides is 1. The molecule has 0 fully saturated rings. The van der Waals surface area contributed by atoms with Crippen molar-refractivity contribution in [2.75, 3.05) is 24.3 Å². The van der Waals surface area contributed by atoms with Gasteiger partial charge in [-0.05, 0) is 36.2 Å². The molecule has 0 spiro atoms. The molecule has 0 saturated carbocycles. The van der Waals surface area contributed by atoms with Crippen LogP contribution in [0.5, 0.6) is 11.5 Å². The number of benzene rings is 2. The number of rotatable bonds is 6. The van der Waals surface area contributed by atoms with Gasteiger partial charge in [-0.1, -0.05) is 37.2 Å². The second-order valence-corrected chi connectivity index (χ2v) is 8.94. The molecule has 0 unspecified atom stereocenters. The van der Waals surface area contributed by atoms with E-state index in [9.17, 15) is 9.59 Å². The largest absolute Gasteiger partial charge is 0.486 e. The third-order valence-corrected chi connectivity index (χ3v) is 5.80. The van der Waals surface area contributed by atoms with Gasteiger partial charge in [0.1, 0.15) is 13.2 Å². The van der Waals surface area contributed by atoms with Crippen LogP contribution in [0, 0.1) is 5.92 Å². The van der Waals surface area contributed by atoms with E-state index >= 15 is 0 Å². The summed E-state index contributed by atoms with van der Waals surface area (Å²) < 4.78 is 12.7. The number of nitrogens with one attached hydrogen (secondary N) is 1. The highest BCUT2D eigenvalue weighted by atomic mass is 35.5. The smallest absolute Gasteiger partial charge is 0.262 e. The van der Waals surface area contributed by atoms with Crippen LogP contribution in [0.25, 0.3) is 10.9 Å². The molecule has 1 N–H and O–H groups in total. The molecule has 4 rings (SSSR count). The summed E-state index contributed by atoms with van der Waals surface area (Å²) in [5.74, 6) is 1.41. The third-order valence-electron chi connectivity index (χ3n) is 4.59.